The Balaban J connectivity index is 2.20. The van der Waals surface area contributed by atoms with Crippen LogP contribution in [-0.4, -0.2) is 21.5 Å². The average molecular weight is 226 g/mol. The van der Waals surface area contributed by atoms with Crippen molar-refractivity contribution in [3.8, 4) is 0 Å². The van der Waals surface area contributed by atoms with E-state index in [1.807, 2.05) is 0 Å². The monoisotopic (exact) mass is 226 g/mol. The number of ketones is 1. The lowest BCUT2D eigenvalue weighted by Crippen LogP contribution is -2.05. The van der Waals surface area contributed by atoms with Crippen LogP contribution in [-0.2, 0) is 4.79 Å². The summed E-state index contributed by atoms with van der Waals surface area (Å²) in [6.07, 6.45) is 4.00. The van der Waals surface area contributed by atoms with E-state index in [4.69, 9.17) is 0 Å². The number of nitrogens with zero attached hydrogens (tertiary/aromatic N) is 1. The molecule has 0 saturated heterocycles. The SMILES string of the molecule is CC(=O)CCCCSc1nccc(=O)[nH]1. The Morgan fingerprint density at radius 1 is 1.53 bits per heavy atom. The molecule has 0 radical (unpaired) electrons. The van der Waals surface area contributed by atoms with Gasteiger partial charge in [-0.2, -0.15) is 0 Å². The predicted molar refractivity (Wildman–Crippen MR) is 60.1 cm³/mol. The van der Waals surface area contributed by atoms with Gasteiger partial charge in [-0.3, -0.25) is 4.79 Å². The maximum Gasteiger partial charge on any atom is 0.251 e. The molecular weight excluding hydrogens is 212 g/mol. The van der Waals surface area contributed by atoms with Crippen molar-refractivity contribution in [2.45, 2.75) is 31.3 Å². The van der Waals surface area contributed by atoms with E-state index in [-0.39, 0.29) is 11.3 Å². The van der Waals surface area contributed by atoms with Crippen LogP contribution in [0.1, 0.15) is 26.2 Å². The second-order valence-electron chi connectivity index (χ2n) is 3.25. The number of hydrogen-bond acceptors (Lipinski definition) is 4. The summed E-state index contributed by atoms with van der Waals surface area (Å²) < 4.78 is 0. The van der Waals surface area contributed by atoms with Gasteiger partial charge in [-0.25, -0.2) is 4.98 Å². The van der Waals surface area contributed by atoms with Gasteiger partial charge in [0.1, 0.15) is 5.78 Å². The minimum atomic E-state index is -0.128. The molecule has 0 atom stereocenters. The minimum Gasteiger partial charge on any atom is -0.301 e. The third-order valence-electron chi connectivity index (χ3n) is 1.81. The van der Waals surface area contributed by atoms with E-state index in [2.05, 4.69) is 9.97 Å². The van der Waals surface area contributed by atoms with Crippen LogP contribution in [0.15, 0.2) is 22.2 Å². The van der Waals surface area contributed by atoms with E-state index in [1.165, 1.54) is 24.0 Å². The number of carbonyl (C=O) groups is 1. The van der Waals surface area contributed by atoms with Crippen LogP contribution >= 0.6 is 11.8 Å². The molecule has 1 heterocycles. The number of aromatic amines is 1. The van der Waals surface area contributed by atoms with Crippen molar-refractivity contribution in [3.05, 3.63) is 22.6 Å². The molecule has 15 heavy (non-hydrogen) atoms. The van der Waals surface area contributed by atoms with E-state index in [9.17, 15) is 9.59 Å². The Labute approximate surface area is 92.5 Å². The van der Waals surface area contributed by atoms with Gasteiger partial charge in [-0.1, -0.05) is 11.8 Å². The van der Waals surface area contributed by atoms with Gasteiger partial charge in [0.15, 0.2) is 5.16 Å². The highest BCUT2D eigenvalue weighted by Crippen LogP contribution is 2.12. The Morgan fingerprint density at radius 2 is 2.33 bits per heavy atom. The number of hydrogen-bond donors (Lipinski definition) is 1. The summed E-state index contributed by atoms with van der Waals surface area (Å²) in [5.41, 5.74) is -0.128. The first-order chi connectivity index (χ1) is 7.18. The van der Waals surface area contributed by atoms with Crippen molar-refractivity contribution >= 4 is 17.5 Å². The molecule has 1 aromatic rings. The zero-order valence-electron chi connectivity index (χ0n) is 8.66. The average Bonchev–Trinajstić information content (AvgIpc) is 2.17. The lowest BCUT2D eigenvalue weighted by molar-refractivity contribution is -0.117. The zero-order chi connectivity index (χ0) is 11.1. The molecular formula is C10H14N2O2S. The Morgan fingerprint density at radius 3 is 3.00 bits per heavy atom. The predicted octanol–water partition coefficient (Wildman–Crippen LogP) is 1.62. The topological polar surface area (TPSA) is 62.8 Å². The molecule has 0 amide bonds. The maximum absolute atomic E-state index is 10.9. The molecule has 1 N–H and O–H groups in total. The van der Waals surface area contributed by atoms with Crippen molar-refractivity contribution in [1.82, 2.24) is 9.97 Å². The van der Waals surface area contributed by atoms with Crippen molar-refractivity contribution in [3.63, 3.8) is 0 Å². The fourth-order valence-electron chi connectivity index (χ4n) is 1.07. The second-order valence-corrected chi connectivity index (χ2v) is 4.33. The first kappa shape index (κ1) is 12.0. The molecule has 1 rings (SSSR count). The fourth-order valence-corrected chi connectivity index (χ4v) is 1.92. The number of thioether (sulfide) groups is 1. The molecule has 5 heteroatoms. The molecule has 0 aromatic carbocycles. The number of carbonyl (C=O) groups excluding carboxylic acids is 1. The van der Waals surface area contributed by atoms with E-state index in [0.717, 1.165) is 18.6 Å². The van der Waals surface area contributed by atoms with Crippen molar-refractivity contribution < 1.29 is 4.79 Å². The van der Waals surface area contributed by atoms with Crippen LogP contribution < -0.4 is 5.56 Å². The molecule has 82 valence electrons. The lowest BCUT2D eigenvalue weighted by Gasteiger charge is -1.99. The molecule has 0 spiro atoms. The van der Waals surface area contributed by atoms with Gasteiger partial charge in [0.25, 0.3) is 5.56 Å². The molecule has 4 nitrogen and oxygen atoms in total. The van der Waals surface area contributed by atoms with Gasteiger partial charge in [0.05, 0.1) is 0 Å². The van der Waals surface area contributed by atoms with E-state index in [1.54, 1.807) is 6.92 Å². The van der Waals surface area contributed by atoms with Crippen molar-refractivity contribution in [2.24, 2.45) is 0 Å². The summed E-state index contributed by atoms with van der Waals surface area (Å²) in [6, 6.07) is 1.39. The number of nitrogens with one attached hydrogen (secondary N) is 1. The highest BCUT2D eigenvalue weighted by Gasteiger charge is 1.97. The van der Waals surface area contributed by atoms with E-state index < -0.39 is 0 Å². The van der Waals surface area contributed by atoms with E-state index in [0.29, 0.717) is 11.6 Å². The van der Waals surface area contributed by atoms with Gasteiger partial charge in [0, 0.05) is 24.4 Å². The van der Waals surface area contributed by atoms with Crippen LogP contribution in [0.2, 0.25) is 0 Å². The van der Waals surface area contributed by atoms with E-state index >= 15 is 0 Å². The smallest absolute Gasteiger partial charge is 0.251 e. The lowest BCUT2D eigenvalue weighted by atomic mass is 10.2. The highest BCUT2D eigenvalue weighted by molar-refractivity contribution is 7.99. The van der Waals surface area contributed by atoms with Gasteiger partial charge in [0.2, 0.25) is 0 Å². The standard InChI is InChI=1S/C10H14N2O2S/c1-8(13)4-2-3-7-15-10-11-6-5-9(14)12-10/h5-6H,2-4,7H2,1H3,(H,11,12,14). The minimum absolute atomic E-state index is 0.128. The molecule has 0 bridgehead atoms. The molecule has 0 saturated carbocycles. The van der Waals surface area contributed by atoms with Crippen LogP contribution in [0.25, 0.3) is 0 Å². The third kappa shape index (κ3) is 5.37. The Bertz CT molecular complexity index is 376. The number of unbranched alkanes of at least 4 members (excludes halogenated alkanes) is 1. The van der Waals surface area contributed by atoms with Crippen LogP contribution in [0.4, 0.5) is 0 Å². The quantitative estimate of drug-likeness (QED) is 0.455. The Kier molecular flexibility index (Phi) is 5.10. The summed E-state index contributed by atoms with van der Waals surface area (Å²) in [5.74, 6) is 1.10. The Hall–Kier alpha value is -1.10. The number of Topliss-reactive ketones (excluding diaryl/α,β-unsaturated/α-hetero) is 1. The molecule has 0 fully saturated rings. The third-order valence-corrected chi connectivity index (χ3v) is 2.78. The van der Waals surface area contributed by atoms with Crippen molar-refractivity contribution in [1.29, 1.82) is 0 Å². The molecule has 1 aromatic heterocycles. The van der Waals surface area contributed by atoms with Gasteiger partial charge in [-0.15, -0.1) is 0 Å². The molecule has 0 aliphatic heterocycles. The number of aromatic nitrogens is 2. The maximum atomic E-state index is 10.9. The van der Waals surface area contributed by atoms with Gasteiger partial charge < -0.3 is 9.78 Å². The number of H-pyrrole nitrogens is 1. The van der Waals surface area contributed by atoms with Crippen LogP contribution in [0, 0.1) is 0 Å². The normalized spacial score (nSPS) is 10.2. The van der Waals surface area contributed by atoms with Gasteiger partial charge in [-0.05, 0) is 19.8 Å². The first-order valence-electron chi connectivity index (χ1n) is 4.86. The summed E-state index contributed by atoms with van der Waals surface area (Å²) in [4.78, 5) is 28.2. The largest absolute Gasteiger partial charge is 0.301 e. The molecule has 0 aliphatic carbocycles. The van der Waals surface area contributed by atoms with Gasteiger partial charge >= 0.3 is 0 Å². The zero-order valence-corrected chi connectivity index (χ0v) is 9.47. The van der Waals surface area contributed by atoms with Crippen LogP contribution in [0.5, 0.6) is 0 Å². The van der Waals surface area contributed by atoms with Crippen molar-refractivity contribution in [2.75, 3.05) is 5.75 Å². The van der Waals surface area contributed by atoms with Crippen LogP contribution in [0.3, 0.4) is 0 Å². The molecule has 0 unspecified atom stereocenters. The molecule has 0 aliphatic rings. The highest BCUT2D eigenvalue weighted by atomic mass is 32.2. The summed E-state index contributed by atoms with van der Waals surface area (Å²) in [5, 5.41) is 0.644. The summed E-state index contributed by atoms with van der Waals surface area (Å²) >= 11 is 1.51. The summed E-state index contributed by atoms with van der Waals surface area (Å²) in [7, 11) is 0. The second kappa shape index (κ2) is 6.40. The fraction of sp³-hybridized carbons (Fsp3) is 0.500. The summed E-state index contributed by atoms with van der Waals surface area (Å²) in [6.45, 7) is 1.60. The number of rotatable bonds is 6. The first-order valence-corrected chi connectivity index (χ1v) is 5.84.